The lowest BCUT2D eigenvalue weighted by atomic mass is 9.47. The monoisotopic (exact) mass is 345 g/mol. The normalized spacial score (nSPS) is 49.6. The molecular formula is C22H35NO2. The van der Waals surface area contributed by atoms with Crippen molar-refractivity contribution in [2.45, 2.75) is 84.6 Å². The van der Waals surface area contributed by atoms with E-state index >= 15 is 0 Å². The quantitative estimate of drug-likeness (QED) is 0.742. The van der Waals surface area contributed by atoms with Gasteiger partial charge >= 0.3 is 0 Å². The highest BCUT2D eigenvalue weighted by Crippen LogP contribution is 2.64. The summed E-state index contributed by atoms with van der Waals surface area (Å²) in [4.78, 5) is 27.4. The molecule has 1 aliphatic heterocycles. The van der Waals surface area contributed by atoms with Gasteiger partial charge in [-0.2, -0.15) is 0 Å². The SMILES string of the molecule is CCCC1CC2C3CCC4N(C)C(=O)CCC4(C)C3CCC2(C)C1=O. The number of hydrogen-bond acceptors (Lipinski definition) is 2. The van der Waals surface area contributed by atoms with E-state index in [2.05, 4.69) is 25.7 Å². The Hall–Kier alpha value is -0.860. The van der Waals surface area contributed by atoms with Crippen LogP contribution in [0.25, 0.3) is 0 Å². The zero-order valence-corrected chi connectivity index (χ0v) is 16.5. The van der Waals surface area contributed by atoms with Crippen molar-refractivity contribution >= 4 is 11.7 Å². The van der Waals surface area contributed by atoms with Gasteiger partial charge in [-0.25, -0.2) is 0 Å². The molecule has 3 aliphatic carbocycles. The summed E-state index contributed by atoms with van der Waals surface area (Å²) < 4.78 is 0. The van der Waals surface area contributed by atoms with Crippen molar-refractivity contribution in [3.05, 3.63) is 0 Å². The maximum absolute atomic E-state index is 13.1. The van der Waals surface area contributed by atoms with E-state index in [1.807, 2.05) is 7.05 Å². The Morgan fingerprint density at radius 3 is 2.56 bits per heavy atom. The standard InChI is InChI=1S/C22H35NO2/c1-5-6-14-13-17-15-7-8-18-21(2,12-10-19(24)23(18)4)16(15)9-11-22(17,3)20(14)25/h14-18H,5-13H2,1-4H3. The highest BCUT2D eigenvalue weighted by molar-refractivity contribution is 5.89. The molecule has 0 aromatic rings. The molecule has 140 valence electrons. The molecule has 7 unspecified atom stereocenters. The molecule has 0 aromatic heterocycles. The van der Waals surface area contributed by atoms with Crippen molar-refractivity contribution in [2.75, 3.05) is 7.05 Å². The van der Waals surface area contributed by atoms with Gasteiger partial charge in [0.05, 0.1) is 0 Å². The molecule has 0 radical (unpaired) electrons. The van der Waals surface area contributed by atoms with Crippen LogP contribution in [0.4, 0.5) is 0 Å². The van der Waals surface area contributed by atoms with Gasteiger partial charge in [-0.15, -0.1) is 0 Å². The second kappa shape index (κ2) is 5.82. The fraction of sp³-hybridized carbons (Fsp3) is 0.909. The first-order valence-corrected chi connectivity index (χ1v) is 10.6. The smallest absolute Gasteiger partial charge is 0.222 e. The van der Waals surface area contributed by atoms with Crippen LogP contribution in [-0.2, 0) is 9.59 Å². The van der Waals surface area contributed by atoms with Gasteiger partial charge in [0.15, 0.2) is 0 Å². The third-order valence-electron chi connectivity index (χ3n) is 9.06. The average Bonchev–Trinajstić information content (AvgIpc) is 2.84. The van der Waals surface area contributed by atoms with Crippen LogP contribution in [0.5, 0.6) is 0 Å². The van der Waals surface area contributed by atoms with Gasteiger partial charge < -0.3 is 4.90 Å². The number of carbonyl (C=O) groups is 2. The second-order valence-corrected chi connectivity index (χ2v) is 10.0. The Labute approximate surface area is 152 Å². The Balaban J connectivity index is 1.63. The first-order chi connectivity index (χ1) is 11.8. The van der Waals surface area contributed by atoms with E-state index in [-0.39, 0.29) is 10.8 Å². The largest absolute Gasteiger partial charge is 0.342 e. The third-order valence-corrected chi connectivity index (χ3v) is 9.06. The number of Topliss-reactive ketones (excluding diaryl/α,β-unsaturated/α-hetero) is 1. The molecular weight excluding hydrogens is 310 g/mol. The predicted octanol–water partition coefficient (Wildman–Crippen LogP) is 4.45. The summed E-state index contributed by atoms with van der Waals surface area (Å²) in [5.74, 6) is 3.23. The van der Waals surface area contributed by atoms with Crippen LogP contribution in [0.3, 0.4) is 0 Å². The number of amides is 1. The summed E-state index contributed by atoms with van der Waals surface area (Å²) in [5.41, 5.74) is 0.208. The molecule has 4 aliphatic rings. The summed E-state index contributed by atoms with van der Waals surface area (Å²) in [6.07, 6.45) is 9.74. The Kier molecular flexibility index (Phi) is 4.09. The van der Waals surface area contributed by atoms with Crippen LogP contribution in [0.15, 0.2) is 0 Å². The van der Waals surface area contributed by atoms with E-state index in [1.165, 1.54) is 12.8 Å². The lowest BCUT2D eigenvalue weighted by molar-refractivity contribution is -0.158. The van der Waals surface area contributed by atoms with Gasteiger partial charge in [0.1, 0.15) is 5.78 Å². The number of nitrogens with zero attached hydrogens (tertiary/aromatic N) is 1. The number of ketones is 1. The molecule has 0 N–H and O–H groups in total. The zero-order valence-electron chi connectivity index (χ0n) is 16.5. The molecule has 3 heteroatoms. The molecule has 4 fully saturated rings. The molecule has 1 heterocycles. The zero-order chi connectivity index (χ0) is 18.0. The topological polar surface area (TPSA) is 37.4 Å². The van der Waals surface area contributed by atoms with E-state index in [9.17, 15) is 9.59 Å². The van der Waals surface area contributed by atoms with Crippen LogP contribution in [0.1, 0.15) is 78.6 Å². The molecule has 1 saturated heterocycles. The minimum Gasteiger partial charge on any atom is -0.342 e. The van der Waals surface area contributed by atoms with Crippen LogP contribution in [0, 0.1) is 34.5 Å². The fourth-order valence-electron chi connectivity index (χ4n) is 7.69. The summed E-state index contributed by atoms with van der Waals surface area (Å²) in [6, 6.07) is 0.419. The summed E-state index contributed by atoms with van der Waals surface area (Å²) in [6.45, 7) is 6.96. The summed E-state index contributed by atoms with van der Waals surface area (Å²) in [5, 5.41) is 0. The molecule has 0 spiro atoms. The number of rotatable bonds is 2. The molecule has 0 bridgehead atoms. The highest BCUT2D eigenvalue weighted by atomic mass is 16.2. The number of carbonyl (C=O) groups excluding carboxylic acids is 2. The lowest BCUT2D eigenvalue weighted by Gasteiger charge is -2.61. The second-order valence-electron chi connectivity index (χ2n) is 10.0. The van der Waals surface area contributed by atoms with Gasteiger partial charge in [0.25, 0.3) is 0 Å². The molecule has 3 saturated carbocycles. The van der Waals surface area contributed by atoms with Crippen LogP contribution >= 0.6 is 0 Å². The number of likely N-dealkylation sites (tertiary alicyclic amines) is 1. The molecule has 25 heavy (non-hydrogen) atoms. The van der Waals surface area contributed by atoms with Gasteiger partial charge in [0, 0.05) is 30.8 Å². The van der Waals surface area contributed by atoms with E-state index in [1.54, 1.807) is 0 Å². The molecule has 7 atom stereocenters. The van der Waals surface area contributed by atoms with Gasteiger partial charge in [-0.1, -0.05) is 27.2 Å². The maximum Gasteiger partial charge on any atom is 0.222 e. The fourth-order valence-corrected chi connectivity index (χ4v) is 7.69. The van der Waals surface area contributed by atoms with Gasteiger partial charge in [-0.05, 0) is 68.1 Å². The van der Waals surface area contributed by atoms with E-state index in [0.29, 0.717) is 47.8 Å². The van der Waals surface area contributed by atoms with E-state index < -0.39 is 0 Å². The number of hydrogen-bond donors (Lipinski definition) is 0. The van der Waals surface area contributed by atoms with Crippen LogP contribution < -0.4 is 0 Å². The van der Waals surface area contributed by atoms with Crippen LogP contribution in [-0.4, -0.2) is 29.7 Å². The van der Waals surface area contributed by atoms with Gasteiger partial charge in [0.2, 0.25) is 5.91 Å². The molecule has 0 aromatic carbocycles. The minimum atomic E-state index is -0.0550. The Morgan fingerprint density at radius 2 is 1.84 bits per heavy atom. The molecule has 1 amide bonds. The van der Waals surface area contributed by atoms with Crippen molar-refractivity contribution in [3.63, 3.8) is 0 Å². The first kappa shape index (κ1) is 17.5. The van der Waals surface area contributed by atoms with E-state index in [4.69, 9.17) is 0 Å². The summed E-state index contributed by atoms with van der Waals surface area (Å²) in [7, 11) is 2.02. The highest BCUT2D eigenvalue weighted by Gasteiger charge is 2.62. The molecule has 3 nitrogen and oxygen atoms in total. The van der Waals surface area contributed by atoms with Crippen molar-refractivity contribution < 1.29 is 9.59 Å². The van der Waals surface area contributed by atoms with Crippen molar-refractivity contribution in [2.24, 2.45) is 34.5 Å². The average molecular weight is 346 g/mol. The number of fused-ring (bicyclic) bond motifs is 5. The summed E-state index contributed by atoms with van der Waals surface area (Å²) >= 11 is 0. The minimum absolute atomic E-state index is 0.0550. The van der Waals surface area contributed by atoms with Crippen LogP contribution in [0.2, 0.25) is 0 Å². The lowest BCUT2D eigenvalue weighted by Crippen LogP contribution is -2.61. The Bertz CT molecular complexity index is 587. The molecule has 4 rings (SSSR count). The maximum atomic E-state index is 13.1. The van der Waals surface area contributed by atoms with Crippen molar-refractivity contribution in [1.82, 2.24) is 4.90 Å². The Morgan fingerprint density at radius 1 is 1.08 bits per heavy atom. The van der Waals surface area contributed by atoms with Gasteiger partial charge in [-0.3, -0.25) is 9.59 Å². The first-order valence-electron chi connectivity index (χ1n) is 10.6. The predicted molar refractivity (Wildman–Crippen MR) is 99.0 cm³/mol. The van der Waals surface area contributed by atoms with Crippen molar-refractivity contribution in [3.8, 4) is 0 Å². The van der Waals surface area contributed by atoms with Crippen molar-refractivity contribution in [1.29, 1.82) is 0 Å². The third kappa shape index (κ3) is 2.29. The number of piperidine rings is 1. The van der Waals surface area contributed by atoms with E-state index in [0.717, 1.165) is 38.5 Å².